The zero-order valence-corrected chi connectivity index (χ0v) is 10.1. The molecule has 1 aromatic rings. The molecule has 1 rings (SSSR count). The second-order valence-electron chi connectivity index (χ2n) is 4.14. The van der Waals surface area contributed by atoms with Crippen molar-refractivity contribution >= 4 is 9.84 Å². The first kappa shape index (κ1) is 12.1. The summed E-state index contributed by atoms with van der Waals surface area (Å²) in [4.78, 5) is 4.14. The Kier molecular flexibility index (Phi) is 2.89. The Morgan fingerprint density at radius 2 is 1.93 bits per heavy atom. The Morgan fingerprint density at radius 3 is 2.33 bits per heavy atom. The highest BCUT2D eigenvalue weighted by atomic mass is 32.2. The van der Waals surface area contributed by atoms with Crippen LogP contribution in [0.4, 0.5) is 0 Å². The highest BCUT2D eigenvalue weighted by Gasteiger charge is 2.20. The summed E-state index contributed by atoms with van der Waals surface area (Å²) in [6.07, 6.45) is 2.62. The van der Waals surface area contributed by atoms with Gasteiger partial charge in [0.1, 0.15) is 0 Å². The molecule has 0 aliphatic rings. The minimum absolute atomic E-state index is 0.169. The Balaban J connectivity index is 3.43. The number of sulfone groups is 1. The van der Waals surface area contributed by atoms with Crippen molar-refractivity contribution in [2.75, 3.05) is 6.26 Å². The van der Waals surface area contributed by atoms with Crippen LogP contribution in [0, 0.1) is 6.92 Å². The Bertz CT molecular complexity index is 472. The molecule has 1 heterocycles. The van der Waals surface area contributed by atoms with Gasteiger partial charge in [0.05, 0.1) is 16.2 Å². The van der Waals surface area contributed by atoms with Crippen molar-refractivity contribution in [3.05, 3.63) is 23.5 Å². The molecule has 0 unspecified atom stereocenters. The lowest BCUT2D eigenvalue weighted by atomic mass is 10.0. The molecule has 0 radical (unpaired) electrons. The van der Waals surface area contributed by atoms with Crippen molar-refractivity contribution in [2.45, 2.75) is 31.3 Å². The van der Waals surface area contributed by atoms with Gasteiger partial charge in [-0.3, -0.25) is 4.98 Å². The average molecular weight is 229 g/mol. The van der Waals surface area contributed by atoms with Gasteiger partial charge in [-0.05, 0) is 26.8 Å². The van der Waals surface area contributed by atoms with Gasteiger partial charge >= 0.3 is 0 Å². The van der Waals surface area contributed by atoms with Gasteiger partial charge in [-0.25, -0.2) is 8.42 Å². The summed E-state index contributed by atoms with van der Waals surface area (Å²) in [6, 6.07) is 1.47. The van der Waals surface area contributed by atoms with Crippen LogP contribution in [0.2, 0.25) is 0 Å². The SMILES string of the molecule is Cc1ncc(C(C)(C)O)cc1S(C)(=O)=O. The Morgan fingerprint density at radius 1 is 1.40 bits per heavy atom. The van der Waals surface area contributed by atoms with E-state index >= 15 is 0 Å². The van der Waals surface area contributed by atoms with Crippen molar-refractivity contribution in [1.29, 1.82) is 0 Å². The number of aryl methyl sites for hydroxylation is 1. The van der Waals surface area contributed by atoms with Crippen LogP contribution >= 0.6 is 0 Å². The topological polar surface area (TPSA) is 67.3 Å². The van der Waals surface area contributed by atoms with E-state index in [0.717, 1.165) is 6.26 Å². The third kappa shape index (κ3) is 2.76. The van der Waals surface area contributed by atoms with Gasteiger partial charge in [0.2, 0.25) is 0 Å². The quantitative estimate of drug-likeness (QED) is 0.822. The standard InChI is InChI=1S/C10H15NO3S/c1-7-9(15(4,13)14)5-8(6-11-7)10(2,3)12/h5-6,12H,1-4H3. The molecular weight excluding hydrogens is 214 g/mol. The molecule has 4 nitrogen and oxygen atoms in total. The van der Waals surface area contributed by atoms with Gasteiger partial charge in [-0.2, -0.15) is 0 Å². The third-order valence-corrected chi connectivity index (χ3v) is 3.36. The first-order chi connectivity index (χ1) is 6.62. The molecule has 0 fully saturated rings. The lowest BCUT2D eigenvalue weighted by molar-refractivity contribution is 0.0779. The van der Waals surface area contributed by atoms with Crippen LogP contribution in [0.25, 0.3) is 0 Å². The summed E-state index contributed by atoms with van der Waals surface area (Å²) in [5.74, 6) is 0. The fraction of sp³-hybridized carbons (Fsp3) is 0.500. The minimum atomic E-state index is -3.29. The molecule has 0 aliphatic carbocycles. The normalized spacial score (nSPS) is 12.9. The molecule has 0 saturated carbocycles. The lowest BCUT2D eigenvalue weighted by Gasteiger charge is -2.18. The molecule has 1 N–H and O–H groups in total. The van der Waals surface area contributed by atoms with Gasteiger partial charge < -0.3 is 5.11 Å². The van der Waals surface area contributed by atoms with Crippen LogP contribution in [0.5, 0.6) is 0 Å². The van der Waals surface area contributed by atoms with Crippen molar-refractivity contribution in [3.8, 4) is 0 Å². The number of hydrogen-bond donors (Lipinski definition) is 1. The molecule has 84 valence electrons. The van der Waals surface area contributed by atoms with Crippen LogP contribution < -0.4 is 0 Å². The summed E-state index contributed by atoms with van der Waals surface area (Å²) in [5, 5.41) is 9.74. The van der Waals surface area contributed by atoms with E-state index in [9.17, 15) is 13.5 Å². The van der Waals surface area contributed by atoms with Gasteiger partial charge in [-0.15, -0.1) is 0 Å². The molecule has 15 heavy (non-hydrogen) atoms. The van der Waals surface area contributed by atoms with E-state index in [4.69, 9.17) is 0 Å². The molecule has 0 bridgehead atoms. The molecule has 1 aromatic heterocycles. The van der Waals surface area contributed by atoms with E-state index in [0.29, 0.717) is 11.3 Å². The molecular formula is C10H15NO3S. The van der Waals surface area contributed by atoms with Gasteiger partial charge in [0, 0.05) is 18.0 Å². The van der Waals surface area contributed by atoms with Crippen molar-refractivity contribution < 1.29 is 13.5 Å². The molecule has 0 aliphatic heterocycles. The number of pyridine rings is 1. The highest BCUT2D eigenvalue weighted by molar-refractivity contribution is 7.90. The molecule has 5 heteroatoms. The largest absolute Gasteiger partial charge is 0.386 e. The number of hydrogen-bond acceptors (Lipinski definition) is 4. The maximum absolute atomic E-state index is 11.4. The summed E-state index contributed by atoms with van der Waals surface area (Å²) >= 11 is 0. The zero-order chi connectivity index (χ0) is 11.9. The number of nitrogens with zero attached hydrogens (tertiary/aromatic N) is 1. The lowest BCUT2D eigenvalue weighted by Crippen LogP contribution is -2.17. The summed E-state index contributed by atoms with van der Waals surface area (Å²) in [7, 11) is -3.29. The first-order valence-electron chi connectivity index (χ1n) is 4.52. The van der Waals surface area contributed by atoms with Crippen molar-refractivity contribution in [3.63, 3.8) is 0 Å². The molecule has 0 saturated heterocycles. The van der Waals surface area contributed by atoms with E-state index in [1.807, 2.05) is 0 Å². The van der Waals surface area contributed by atoms with Gasteiger partial charge in [0.15, 0.2) is 9.84 Å². The number of rotatable bonds is 2. The molecule has 0 spiro atoms. The summed E-state index contributed by atoms with van der Waals surface area (Å²) in [5.41, 5.74) is -0.140. The van der Waals surface area contributed by atoms with E-state index in [1.165, 1.54) is 12.3 Å². The van der Waals surface area contributed by atoms with Crippen LogP contribution in [-0.4, -0.2) is 24.8 Å². The molecule has 0 aromatic carbocycles. The monoisotopic (exact) mass is 229 g/mol. The number of aliphatic hydroxyl groups is 1. The van der Waals surface area contributed by atoms with E-state index in [1.54, 1.807) is 20.8 Å². The van der Waals surface area contributed by atoms with E-state index < -0.39 is 15.4 Å². The van der Waals surface area contributed by atoms with Crippen LogP contribution in [0.1, 0.15) is 25.1 Å². The third-order valence-electron chi connectivity index (χ3n) is 2.15. The fourth-order valence-corrected chi connectivity index (χ4v) is 2.15. The van der Waals surface area contributed by atoms with Crippen LogP contribution in [0.3, 0.4) is 0 Å². The van der Waals surface area contributed by atoms with E-state index in [2.05, 4.69) is 4.98 Å². The number of aromatic nitrogens is 1. The second kappa shape index (κ2) is 3.57. The predicted octanol–water partition coefficient (Wildman–Crippen LogP) is 1.02. The van der Waals surface area contributed by atoms with Crippen molar-refractivity contribution in [2.24, 2.45) is 0 Å². The molecule has 0 amide bonds. The predicted molar refractivity (Wildman–Crippen MR) is 57.3 cm³/mol. The fourth-order valence-electron chi connectivity index (χ4n) is 1.22. The average Bonchev–Trinajstić information content (AvgIpc) is 2.00. The van der Waals surface area contributed by atoms with Gasteiger partial charge in [0.25, 0.3) is 0 Å². The van der Waals surface area contributed by atoms with Crippen LogP contribution in [0.15, 0.2) is 17.2 Å². The van der Waals surface area contributed by atoms with Crippen molar-refractivity contribution in [1.82, 2.24) is 4.98 Å². The summed E-state index contributed by atoms with van der Waals surface area (Å²) in [6.45, 7) is 4.81. The maximum Gasteiger partial charge on any atom is 0.177 e. The van der Waals surface area contributed by atoms with E-state index in [-0.39, 0.29) is 4.90 Å². The van der Waals surface area contributed by atoms with Gasteiger partial charge in [-0.1, -0.05) is 0 Å². The Hall–Kier alpha value is -0.940. The first-order valence-corrected chi connectivity index (χ1v) is 6.41. The Labute approximate surface area is 89.9 Å². The second-order valence-corrected chi connectivity index (χ2v) is 6.12. The smallest absolute Gasteiger partial charge is 0.177 e. The summed E-state index contributed by atoms with van der Waals surface area (Å²) < 4.78 is 22.8. The van der Waals surface area contributed by atoms with Crippen LogP contribution in [-0.2, 0) is 15.4 Å². The zero-order valence-electron chi connectivity index (χ0n) is 9.27. The maximum atomic E-state index is 11.4. The minimum Gasteiger partial charge on any atom is -0.386 e. The highest BCUT2D eigenvalue weighted by Crippen LogP contribution is 2.23. The molecule has 0 atom stereocenters.